The van der Waals surface area contributed by atoms with Gasteiger partial charge in [0.25, 0.3) is 0 Å². The molecule has 7 heteroatoms. The molecule has 0 aliphatic carbocycles. The molecule has 2 aromatic carbocycles. The standard InChI is InChI=1S/C21H18N2O5/c1-14-8-9-22-23(14)17-5-2-15(3-6-17)21(25)28-13-18(24)16-4-7-19-20(12-16)27-11-10-26-19/h2-9,12H,10-11,13H2,1H3. The van der Waals surface area contributed by atoms with Crippen LogP contribution in [0.4, 0.5) is 0 Å². The fourth-order valence-corrected chi connectivity index (χ4v) is 2.89. The number of hydrogen-bond donors (Lipinski definition) is 0. The van der Waals surface area contributed by atoms with Crippen molar-refractivity contribution in [3.8, 4) is 17.2 Å². The molecule has 4 rings (SSSR count). The summed E-state index contributed by atoms with van der Waals surface area (Å²) in [5.74, 6) is 0.254. The number of ketones is 1. The number of carbonyl (C=O) groups is 2. The van der Waals surface area contributed by atoms with Crippen molar-refractivity contribution in [1.29, 1.82) is 0 Å². The summed E-state index contributed by atoms with van der Waals surface area (Å²) in [5, 5.41) is 4.22. The van der Waals surface area contributed by atoms with E-state index in [0.29, 0.717) is 35.8 Å². The molecule has 0 saturated heterocycles. The maximum Gasteiger partial charge on any atom is 0.338 e. The number of carbonyl (C=O) groups excluding carboxylic acids is 2. The summed E-state index contributed by atoms with van der Waals surface area (Å²) in [4.78, 5) is 24.6. The van der Waals surface area contributed by atoms with Crippen molar-refractivity contribution in [2.24, 2.45) is 0 Å². The minimum absolute atomic E-state index is 0.311. The molecule has 2 heterocycles. The van der Waals surface area contributed by atoms with E-state index in [1.54, 1.807) is 53.3 Å². The fraction of sp³-hybridized carbons (Fsp3) is 0.190. The number of fused-ring (bicyclic) bond motifs is 1. The zero-order valence-electron chi connectivity index (χ0n) is 15.3. The van der Waals surface area contributed by atoms with E-state index in [2.05, 4.69) is 5.10 Å². The summed E-state index contributed by atoms with van der Waals surface area (Å²) >= 11 is 0. The number of hydrogen-bond acceptors (Lipinski definition) is 6. The third-order valence-corrected chi connectivity index (χ3v) is 4.38. The van der Waals surface area contributed by atoms with Crippen LogP contribution in [0.15, 0.2) is 54.7 Å². The van der Waals surface area contributed by atoms with Crippen LogP contribution in [0, 0.1) is 6.92 Å². The van der Waals surface area contributed by atoms with E-state index in [9.17, 15) is 9.59 Å². The highest BCUT2D eigenvalue weighted by atomic mass is 16.6. The molecule has 1 aromatic heterocycles. The first-order valence-electron chi connectivity index (χ1n) is 8.83. The number of aryl methyl sites for hydroxylation is 1. The lowest BCUT2D eigenvalue weighted by atomic mass is 10.1. The van der Waals surface area contributed by atoms with E-state index in [-0.39, 0.29) is 12.4 Å². The number of ether oxygens (including phenoxy) is 3. The molecule has 28 heavy (non-hydrogen) atoms. The van der Waals surface area contributed by atoms with Crippen molar-refractivity contribution in [1.82, 2.24) is 9.78 Å². The van der Waals surface area contributed by atoms with Gasteiger partial charge in [-0.05, 0) is 55.5 Å². The molecule has 0 N–H and O–H groups in total. The number of aromatic nitrogens is 2. The van der Waals surface area contributed by atoms with Gasteiger partial charge in [-0.15, -0.1) is 0 Å². The number of esters is 1. The predicted octanol–water partition coefficient (Wildman–Crippen LogP) is 2.99. The molecule has 0 fully saturated rings. The lowest BCUT2D eigenvalue weighted by Crippen LogP contribution is -2.17. The van der Waals surface area contributed by atoms with Gasteiger partial charge >= 0.3 is 5.97 Å². The molecular weight excluding hydrogens is 360 g/mol. The molecule has 3 aromatic rings. The monoisotopic (exact) mass is 378 g/mol. The highest BCUT2D eigenvalue weighted by Crippen LogP contribution is 2.30. The minimum Gasteiger partial charge on any atom is -0.486 e. The first kappa shape index (κ1) is 17.8. The zero-order valence-corrected chi connectivity index (χ0v) is 15.3. The lowest BCUT2D eigenvalue weighted by molar-refractivity contribution is 0.0474. The van der Waals surface area contributed by atoms with Crippen LogP contribution in [0.1, 0.15) is 26.4 Å². The average Bonchev–Trinajstić information content (AvgIpc) is 3.17. The predicted molar refractivity (Wildman–Crippen MR) is 100 cm³/mol. The van der Waals surface area contributed by atoms with Gasteiger partial charge in [-0.2, -0.15) is 5.10 Å². The Kier molecular flexibility index (Phi) is 4.80. The molecule has 0 amide bonds. The smallest absolute Gasteiger partial charge is 0.338 e. The SMILES string of the molecule is Cc1ccnn1-c1ccc(C(=O)OCC(=O)c2ccc3c(c2)OCCO3)cc1. The van der Waals surface area contributed by atoms with Crippen LogP contribution < -0.4 is 9.47 Å². The van der Waals surface area contributed by atoms with Gasteiger partial charge in [-0.25, -0.2) is 9.48 Å². The summed E-state index contributed by atoms with van der Waals surface area (Å²) in [5.41, 5.74) is 2.59. The van der Waals surface area contributed by atoms with Gasteiger partial charge in [-0.3, -0.25) is 4.79 Å². The molecule has 1 aliphatic heterocycles. The molecule has 0 radical (unpaired) electrons. The molecule has 0 atom stereocenters. The Morgan fingerprint density at radius 3 is 2.43 bits per heavy atom. The van der Waals surface area contributed by atoms with Crippen LogP contribution in [0.2, 0.25) is 0 Å². The van der Waals surface area contributed by atoms with Crippen molar-refractivity contribution in [2.45, 2.75) is 6.92 Å². The largest absolute Gasteiger partial charge is 0.486 e. The van der Waals surface area contributed by atoms with Crippen LogP contribution in [0.5, 0.6) is 11.5 Å². The molecule has 0 saturated carbocycles. The second-order valence-corrected chi connectivity index (χ2v) is 6.29. The Balaban J connectivity index is 1.39. The Morgan fingerprint density at radius 1 is 1.00 bits per heavy atom. The van der Waals surface area contributed by atoms with Crippen molar-refractivity contribution in [3.05, 3.63) is 71.5 Å². The van der Waals surface area contributed by atoms with Crippen molar-refractivity contribution < 1.29 is 23.8 Å². The number of benzene rings is 2. The van der Waals surface area contributed by atoms with Crippen LogP contribution >= 0.6 is 0 Å². The Hall–Kier alpha value is -3.61. The zero-order chi connectivity index (χ0) is 19.5. The molecule has 7 nitrogen and oxygen atoms in total. The number of rotatable bonds is 5. The molecule has 0 unspecified atom stereocenters. The normalized spacial score (nSPS) is 12.5. The summed E-state index contributed by atoms with van der Waals surface area (Å²) in [7, 11) is 0. The molecule has 0 spiro atoms. The van der Waals surface area contributed by atoms with Gasteiger partial charge in [0.1, 0.15) is 13.2 Å². The Morgan fingerprint density at radius 2 is 1.71 bits per heavy atom. The second kappa shape index (κ2) is 7.56. The maximum atomic E-state index is 12.3. The van der Waals surface area contributed by atoms with Gasteiger partial charge in [0, 0.05) is 17.5 Å². The minimum atomic E-state index is -0.561. The van der Waals surface area contributed by atoms with Gasteiger partial charge in [-0.1, -0.05) is 0 Å². The van der Waals surface area contributed by atoms with Gasteiger partial charge in [0.15, 0.2) is 23.9 Å². The van der Waals surface area contributed by atoms with Crippen LogP contribution in [0.3, 0.4) is 0 Å². The van der Waals surface area contributed by atoms with Crippen LogP contribution in [0.25, 0.3) is 5.69 Å². The highest BCUT2D eigenvalue weighted by molar-refractivity contribution is 5.99. The summed E-state index contributed by atoms with van der Waals surface area (Å²) < 4.78 is 17.8. The third-order valence-electron chi connectivity index (χ3n) is 4.38. The van der Waals surface area contributed by atoms with E-state index in [0.717, 1.165) is 11.4 Å². The van der Waals surface area contributed by atoms with Crippen molar-refractivity contribution in [2.75, 3.05) is 19.8 Å². The number of Topliss-reactive ketones (excluding diaryl/α,β-unsaturated/α-hetero) is 1. The quantitative estimate of drug-likeness (QED) is 0.502. The Bertz CT molecular complexity index is 1020. The molecule has 142 valence electrons. The van der Waals surface area contributed by atoms with E-state index in [4.69, 9.17) is 14.2 Å². The third kappa shape index (κ3) is 3.59. The van der Waals surface area contributed by atoms with E-state index in [1.807, 2.05) is 13.0 Å². The van der Waals surface area contributed by atoms with Gasteiger partial charge in [0.2, 0.25) is 0 Å². The summed E-state index contributed by atoms with van der Waals surface area (Å²) in [6.07, 6.45) is 1.71. The summed E-state index contributed by atoms with van der Waals surface area (Å²) in [6, 6.07) is 13.7. The van der Waals surface area contributed by atoms with E-state index in [1.165, 1.54) is 0 Å². The Labute approximate surface area is 161 Å². The van der Waals surface area contributed by atoms with Gasteiger partial charge < -0.3 is 14.2 Å². The van der Waals surface area contributed by atoms with Crippen molar-refractivity contribution >= 4 is 11.8 Å². The lowest BCUT2D eigenvalue weighted by Gasteiger charge is -2.18. The van der Waals surface area contributed by atoms with Crippen LogP contribution in [-0.4, -0.2) is 41.4 Å². The van der Waals surface area contributed by atoms with E-state index >= 15 is 0 Å². The molecular formula is C21H18N2O5. The van der Waals surface area contributed by atoms with Gasteiger partial charge in [0.05, 0.1) is 11.3 Å². The second-order valence-electron chi connectivity index (χ2n) is 6.29. The maximum absolute atomic E-state index is 12.3. The molecule has 1 aliphatic rings. The summed E-state index contributed by atoms with van der Waals surface area (Å²) in [6.45, 7) is 2.52. The number of nitrogens with zero attached hydrogens (tertiary/aromatic N) is 2. The highest BCUT2D eigenvalue weighted by Gasteiger charge is 2.17. The van der Waals surface area contributed by atoms with Crippen LogP contribution in [-0.2, 0) is 4.74 Å². The van der Waals surface area contributed by atoms with E-state index < -0.39 is 5.97 Å². The molecule has 0 bridgehead atoms. The fourth-order valence-electron chi connectivity index (χ4n) is 2.89. The average molecular weight is 378 g/mol. The van der Waals surface area contributed by atoms with Crippen molar-refractivity contribution in [3.63, 3.8) is 0 Å². The first-order valence-corrected chi connectivity index (χ1v) is 8.83. The first-order chi connectivity index (χ1) is 13.6. The topological polar surface area (TPSA) is 79.7 Å².